The molecule has 0 spiro atoms. The van der Waals surface area contributed by atoms with Crippen LogP contribution in [0.2, 0.25) is 0 Å². The number of carbonyl (C=O) groups excluding carboxylic acids is 1. The first-order valence-corrected chi connectivity index (χ1v) is 6.80. The summed E-state index contributed by atoms with van der Waals surface area (Å²) in [5.74, 6) is -0.180. The highest BCUT2D eigenvalue weighted by Gasteiger charge is 2.23. The van der Waals surface area contributed by atoms with E-state index in [0.29, 0.717) is 6.54 Å². The van der Waals surface area contributed by atoms with Gasteiger partial charge in [-0.1, -0.05) is 43.7 Å². The summed E-state index contributed by atoms with van der Waals surface area (Å²) >= 11 is 0. The summed E-state index contributed by atoms with van der Waals surface area (Å²) in [7, 11) is 0. The second kappa shape index (κ2) is 6.68. The first-order chi connectivity index (χ1) is 8.91. The normalized spacial score (nSPS) is 13.1. The highest BCUT2D eigenvalue weighted by atomic mass is 16.2. The third-order valence-electron chi connectivity index (χ3n) is 3.74. The topological polar surface area (TPSA) is 81.1 Å². The van der Waals surface area contributed by atoms with Crippen LogP contribution in [0.1, 0.15) is 43.9 Å². The summed E-state index contributed by atoms with van der Waals surface area (Å²) in [4.78, 5) is 12.0. The standard InChI is InChI=1S/C15H25N3O/c1-4-15(17,5-2)10-18-14(19)13(16)12-8-6-11(3)7-9-12/h6-9,13H,4-5,10,16-17H2,1-3H3,(H,18,19). The van der Waals surface area contributed by atoms with Crippen LogP contribution in [0.3, 0.4) is 0 Å². The third-order valence-corrected chi connectivity index (χ3v) is 3.74. The first kappa shape index (κ1) is 15.7. The zero-order valence-corrected chi connectivity index (χ0v) is 12.1. The molecule has 1 atom stereocenters. The number of hydrogen-bond acceptors (Lipinski definition) is 3. The van der Waals surface area contributed by atoms with Crippen molar-refractivity contribution >= 4 is 5.91 Å². The maximum absolute atomic E-state index is 12.0. The van der Waals surface area contributed by atoms with Crippen LogP contribution in [0, 0.1) is 6.92 Å². The predicted octanol–water partition coefficient (Wildman–Crippen LogP) is 1.63. The van der Waals surface area contributed by atoms with E-state index in [2.05, 4.69) is 5.32 Å². The van der Waals surface area contributed by atoms with Gasteiger partial charge in [0.2, 0.25) is 5.91 Å². The van der Waals surface area contributed by atoms with Crippen LogP contribution in [-0.2, 0) is 4.79 Å². The molecule has 0 aliphatic rings. The van der Waals surface area contributed by atoms with Crippen molar-refractivity contribution in [2.24, 2.45) is 11.5 Å². The molecule has 0 aromatic heterocycles. The van der Waals surface area contributed by atoms with Crippen LogP contribution in [0.4, 0.5) is 0 Å². The van der Waals surface area contributed by atoms with Gasteiger partial charge in [-0.15, -0.1) is 0 Å². The number of benzene rings is 1. The Morgan fingerprint density at radius 3 is 2.26 bits per heavy atom. The molecule has 0 aliphatic heterocycles. The molecular formula is C15H25N3O. The second-order valence-corrected chi connectivity index (χ2v) is 5.18. The van der Waals surface area contributed by atoms with Gasteiger partial charge in [0.1, 0.15) is 6.04 Å². The molecule has 0 radical (unpaired) electrons. The van der Waals surface area contributed by atoms with Crippen molar-refractivity contribution in [3.05, 3.63) is 35.4 Å². The summed E-state index contributed by atoms with van der Waals surface area (Å²) in [6.07, 6.45) is 1.65. The van der Waals surface area contributed by atoms with E-state index in [1.807, 2.05) is 45.0 Å². The summed E-state index contributed by atoms with van der Waals surface area (Å²) in [5, 5.41) is 2.85. The molecule has 19 heavy (non-hydrogen) atoms. The van der Waals surface area contributed by atoms with Crippen molar-refractivity contribution in [1.82, 2.24) is 5.32 Å². The molecule has 1 aromatic carbocycles. The fraction of sp³-hybridized carbons (Fsp3) is 0.533. The number of hydrogen-bond donors (Lipinski definition) is 3. The number of nitrogens with two attached hydrogens (primary N) is 2. The van der Waals surface area contributed by atoms with Crippen molar-refractivity contribution in [1.29, 1.82) is 0 Å². The van der Waals surface area contributed by atoms with Crippen LogP contribution >= 0.6 is 0 Å². The Bertz CT molecular complexity index is 410. The minimum atomic E-state index is -0.640. The lowest BCUT2D eigenvalue weighted by Crippen LogP contribution is -2.50. The zero-order chi connectivity index (χ0) is 14.5. The number of rotatable bonds is 6. The van der Waals surface area contributed by atoms with Gasteiger partial charge in [-0.2, -0.15) is 0 Å². The summed E-state index contributed by atoms with van der Waals surface area (Å²) < 4.78 is 0. The molecular weight excluding hydrogens is 238 g/mol. The molecule has 0 fully saturated rings. The van der Waals surface area contributed by atoms with Gasteiger partial charge in [0, 0.05) is 12.1 Å². The molecule has 1 unspecified atom stereocenters. The minimum Gasteiger partial charge on any atom is -0.353 e. The van der Waals surface area contributed by atoms with Crippen molar-refractivity contribution in [3.63, 3.8) is 0 Å². The van der Waals surface area contributed by atoms with Gasteiger partial charge in [-0.25, -0.2) is 0 Å². The molecule has 4 heteroatoms. The lowest BCUT2D eigenvalue weighted by atomic mass is 9.94. The van der Waals surface area contributed by atoms with Gasteiger partial charge in [-0.05, 0) is 25.3 Å². The van der Waals surface area contributed by atoms with Gasteiger partial charge >= 0.3 is 0 Å². The third kappa shape index (κ3) is 4.33. The average molecular weight is 263 g/mol. The molecule has 0 aliphatic carbocycles. The van der Waals surface area contributed by atoms with E-state index in [-0.39, 0.29) is 11.4 Å². The van der Waals surface area contributed by atoms with Crippen LogP contribution in [0.25, 0.3) is 0 Å². The fourth-order valence-corrected chi connectivity index (χ4v) is 1.80. The summed E-state index contributed by atoms with van der Waals surface area (Å²) in [5.41, 5.74) is 13.7. The molecule has 0 bridgehead atoms. The van der Waals surface area contributed by atoms with E-state index < -0.39 is 6.04 Å². The maximum atomic E-state index is 12.0. The lowest BCUT2D eigenvalue weighted by molar-refractivity contribution is -0.122. The number of aryl methyl sites for hydroxylation is 1. The number of nitrogens with one attached hydrogen (secondary N) is 1. The van der Waals surface area contributed by atoms with E-state index in [0.717, 1.165) is 24.0 Å². The molecule has 4 nitrogen and oxygen atoms in total. The van der Waals surface area contributed by atoms with Gasteiger partial charge in [-0.3, -0.25) is 4.79 Å². The van der Waals surface area contributed by atoms with Crippen molar-refractivity contribution in [2.75, 3.05) is 6.54 Å². The Labute approximate surface area is 115 Å². The SMILES string of the molecule is CCC(N)(CC)CNC(=O)C(N)c1ccc(C)cc1. The number of amides is 1. The van der Waals surface area contributed by atoms with Crippen LogP contribution in [0.15, 0.2) is 24.3 Å². The monoisotopic (exact) mass is 263 g/mol. The Hall–Kier alpha value is -1.39. The van der Waals surface area contributed by atoms with E-state index in [9.17, 15) is 4.79 Å². The van der Waals surface area contributed by atoms with Crippen LogP contribution < -0.4 is 16.8 Å². The molecule has 1 aromatic rings. The molecule has 0 saturated carbocycles. The molecule has 106 valence electrons. The maximum Gasteiger partial charge on any atom is 0.241 e. The quantitative estimate of drug-likeness (QED) is 0.729. The second-order valence-electron chi connectivity index (χ2n) is 5.18. The van der Waals surface area contributed by atoms with Crippen LogP contribution in [-0.4, -0.2) is 18.0 Å². The van der Waals surface area contributed by atoms with Crippen molar-refractivity contribution < 1.29 is 4.79 Å². The van der Waals surface area contributed by atoms with E-state index in [1.54, 1.807) is 0 Å². The molecule has 1 amide bonds. The first-order valence-electron chi connectivity index (χ1n) is 6.80. The van der Waals surface area contributed by atoms with Gasteiger partial charge < -0.3 is 16.8 Å². The zero-order valence-electron chi connectivity index (χ0n) is 12.1. The molecule has 1 rings (SSSR count). The minimum absolute atomic E-state index is 0.180. The fourth-order valence-electron chi connectivity index (χ4n) is 1.80. The van der Waals surface area contributed by atoms with E-state index >= 15 is 0 Å². The molecule has 5 N–H and O–H groups in total. The molecule has 0 saturated heterocycles. The molecule has 0 heterocycles. The number of carbonyl (C=O) groups is 1. The van der Waals surface area contributed by atoms with Gasteiger partial charge in [0.25, 0.3) is 0 Å². The van der Waals surface area contributed by atoms with E-state index in [4.69, 9.17) is 11.5 Å². The van der Waals surface area contributed by atoms with Crippen molar-refractivity contribution in [2.45, 2.75) is 45.2 Å². The van der Waals surface area contributed by atoms with Gasteiger partial charge in [0.15, 0.2) is 0 Å². The highest BCUT2D eigenvalue weighted by molar-refractivity contribution is 5.83. The van der Waals surface area contributed by atoms with Gasteiger partial charge in [0.05, 0.1) is 0 Å². The Kier molecular flexibility index (Phi) is 5.51. The van der Waals surface area contributed by atoms with Crippen molar-refractivity contribution in [3.8, 4) is 0 Å². The lowest BCUT2D eigenvalue weighted by Gasteiger charge is -2.27. The Morgan fingerprint density at radius 2 is 1.79 bits per heavy atom. The van der Waals surface area contributed by atoms with E-state index in [1.165, 1.54) is 0 Å². The summed E-state index contributed by atoms with van der Waals surface area (Å²) in [6.45, 7) is 6.50. The summed E-state index contributed by atoms with van der Waals surface area (Å²) in [6, 6.07) is 7.03. The Balaban J connectivity index is 2.61. The smallest absolute Gasteiger partial charge is 0.241 e. The Morgan fingerprint density at radius 1 is 1.26 bits per heavy atom. The van der Waals surface area contributed by atoms with Crippen LogP contribution in [0.5, 0.6) is 0 Å². The predicted molar refractivity (Wildman–Crippen MR) is 78.6 cm³/mol. The average Bonchev–Trinajstić information content (AvgIpc) is 2.44. The largest absolute Gasteiger partial charge is 0.353 e. The highest BCUT2D eigenvalue weighted by Crippen LogP contribution is 2.13.